The van der Waals surface area contributed by atoms with Crippen molar-refractivity contribution in [2.75, 3.05) is 0 Å². The molecule has 0 amide bonds. The Balaban J connectivity index is 1.04. The van der Waals surface area contributed by atoms with Gasteiger partial charge < -0.3 is 13.6 Å². The van der Waals surface area contributed by atoms with Crippen molar-refractivity contribution in [3.63, 3.8) is 0 Å². The number of nitrogens with zero attached hydrogens (tertiary/aromatic N) is 2. The number of aromatic nitrogens is 2. The lowest BCUT2D eigenvalue weighted by molar-refractivity contribution is 0.670. The van der Waals surface area contributed by atoms with Gasteiger partial charge in [0.1, 0.15) is 11.2 Å². The summed E-state index contributed by atoms with van der Waals surface area (Å²) < 4.78 is 11.6. The normalized spacial score (nSPS) is 11.9. The van der Waals surface area contributed by atoms with Crippen LogP contribution in [0.15, 0.2) is 211 Å². The molecule has 3 heterocycles. The van der Waals surface area contributed by atoms with E-state index in [0.29, 0.717) is 0 Å². The first-order valence-electron chi connectivity index (χ1n) is 19.5. The van der Waals surface area contributed by atoms with E-state index in [4.69, 9.17) is 4.42 Å². The summed E-state index contributed by atoms with van der Waals surface area (Å²) in [6.07, 6.45) is 0. The van der Waals surface area contributed by atoms with Crippen LogP contribution >= 0.6 is 0 Å². The molecule has 0 aliphatic rings. The highest BCUT2D eigenvalue weighted by Gasteiger charge is 2.21. The first kappa shape index (κ1) is 31.7. The van der Waals surface area contributed by atoms with E-state index in [0.717, 1.165) is 49.8 Å². The third-order valence-corrected chi connectivity index (χ3v) is 11.7. The van der Waals surface area contributed by atoms with Crippen molar-refractivity contribution in [3.05, 3.63) is 206 Å². The lowest BCUT2D eigenvalue weighted by atomic mass is 9.98. The molecule has 266 valence electrons. The first-order chi connectivity index (χ1) is 28.3. The van der Waals surface area contributed by atoms with E-state index in [1.165, 1.54) is 60.5 Å². The molecule has 0 N–H and O–H groups in total. The Morgan fingerprint density at radius 3 is 1.49 bits per heavy atom. The number of rotatable bonds is 5. The monoisotopic (exact) mass is 726 g/mol. The summed E-state index contributed by atoms with van der Waals surface area (Å²) in [5, 5.41) is 7.16. The standard InChI is InChI=1S/C54H34N2O/c1-3-13-35(14-4-1)36-23-25-37(26-24-36)41-29-32-51(53-44-19-9-12-22-52(44)57-54(41)53)56-48-21-11-8-18-43(48)46-34-39(28-31-50(46)56)38-27-30-49-45(33-38)42-17-7-10-20-47(42)55(49)40-15-5-2-6-16-40/h1-34H. The van der Waals surface area contributed by atoms with Gasteiger partial charge in [0.2, 0.25) is 0 Å². The van der Waals surface area contributed by atoms with Gasteiger partial charge in [0.25, 0.3) is 0 Å². The molecule has 0 atom stereocenters. The highest BCUT2D eigenvalue weighted by molar-refractivity contribution is 6.17. The first-order valence-corrected chi connectivity index (χ1v) is 19.5. The summed E-state index contributed by atoms with van der Waals surface area (Å²) >= 11 is 0. The summed E-state index contributed by atoms with van der Waals surface area (Å²) in [5.74, 6) is 0. The minimum absolute atomic E-state index is 0.883. The minimum Gasteiger partial charge on any atom is -0.455 e. The molecule has 0 radical (unpaired) electrons. The second-order valence-corrected chi connectivity index (χ2v) is 14.9. The van der Waals surface area contributed by atoms with Crippen LogP contribution in [0.1, 0.15) is 0 Å². The summed E-state index contributed by atoms with van der Waals surface area (Å²) in [7, 11) is 0. The SMILES string of the molecule is c1ccc(-c2ccc(-c3ccc(-n4c5ccccc5c5cc(-c6ccc7c(c6)c6ccccc6n7-c6ccccc6)ccc54)c4c3oc3ccccc34)cc2)cc1. The minimum atomic E-state index is 0.883. The van der Waals surface area contributed by atoms with Crippen molar-refractivity contribution in [2.45, 2.75) is 0 Å². The third kappa shape index (κ3) is 4.86. The van der Waals surface area contributed by atoms with Crippen molar-refractivity contribution in [1.29, 1.82) is 0 Å². The molecule has 0 bridgehead atoms. The van der Waals surface area contributed by atoms with Gasteiger partial charge >= 0.3 is 0 Å². The molecule has 12 rings (SSSR count). The fourth-order valence-electron chi connectivity index (χ4n) is 9.12. The number of hydrogen-bond acceptors (Lipinski definition) is 1. The molecule has 0 unspecified atom stereocenters. The molecule has 57 heavy (non-hydrogen) atoms. The Bertz CT molecular complexity index is 3490. The van der Waals surface area contributed by atoms with Crippen LogP contribution < -0.4 is 0 Å². The molecular weight excluding hydrogens is 693 g/mol. The highest BCUT2D eigenvalue weighted by Crippen LogP contribution is 2.44. The lowest BCUT2D eigenvalue weighted by Gasteiger charge is -2.13. The van der Waals surface area contributed by atoms with Crippen molar-refractivity contribution in [3.8, 4) is 44.8 Å². The van der Waals surface area contributed by atoms with Crippen molar-refractivity contribution in [2.24, 2.45) is 0 Å². The Labute approximate surface area is 328 Å². The summed E-state index contributed by atoms with van der Waals surface area (Å²) in [5.41, 5.74) is 15.8. The maximum atomic E-state index is 6.77. The molecule has 3 heteroatoms. The van der Waals surface area contributed by atoms with Gasteiger partial charge in [-0.05, 0) is 94.5 Å². The molecular formula is C54H34N2O. The number of furan rings is 1. The third-order valence-electron chi connectivity index (χ3n) is 11.7. The Hall–Kier alpha value is -7.62. The van der Waals surface area contributed by atoms with E-state index >= 15 is 0 Å². The molecule has 0 aliphatic heterocycles. The van der Waals surface area contributed by atoms with Crippen LogP contribution in [0, 0.1) is 0 Å². The average molecular weight is 727 g/mol. The number of para-hydroxylation sites is 4. The predicted octanol–water partition coefficient (Wildman–Crippen LogP) is 14.8. The predicted molar refractivity (Wildman–Crippen MR) is 239 cm³/mol. The zero-order valence-electron chi connectivity index (χ0n) is 30.9. The van der Waals surface area contributed by atoms with Gasteiger partial charge in [-0.3, -0.25) is 0 Å². The van der Waals surface area contributed by atoms with Crippen LogP contribution in [0.4, 0.5) is 0 Å². The van der Waals surface area contributed by atoms with Gasteiger partial charge in [0.15, 0.2) is 0 Å². The van der Waals surface area contributed by atoms with Gasteiger partial charge in [-0.25, -0.2) is 0 Å². The zero-order chi connectivity index (χ0) is 37.5. The molecule has 0 saturated heterocycles. The number of hydrogen-bond donors (Lipinski definition) is 0. The summed E-state index contributed by atoms with van der Waals surface area (Å²) in [4.78, 5) is 0. The quantitative estimate of drug-likeness (QED) is 0.173. The van der Waals surface area contributed by atoms with E-state index in [1.807, 2.05) is 0 Å². The van der Waals surface area contributed by atoms with Crippen LogP contribution in [-0.4, -0.2) is 9.13 Å². The van der Waals surface area contributed by atoms with Crippen molar-refractivity contribution < 1.29 is 4.42 Å². The second-order valence-electron chi connectivity index (χ2n) is 14.9. The topological polar surface area (TPSA) is 23.0 Å². The van der Waals surface area contributed by atoms with Crippen LogP contribution in [0.25, 0.3) is 110 Å². The number of fused-ring (bicyclic) bond motifs is 9. The van der Waals surface area contributed by atoms with E-state index in [-0.39, 0.29) is 0 Å². The molecule has 0 fully saturated rings. The maximum Gasteiger partial charge on any atom is 0.145 e. The van der Waals surface area contributed by atoms with Crippen LogP contribution in [-0.2, 0) is 0 Å². The van der Waals surface area contributed by atoms with Gasteiger partial charge in [-0.1, -0.05) is 140 Å². The van der Waals surface area contributed by atoms with Crippen molar-refractivity contribution in [1.82, 2.24) is 9.13 Å². The smallest absolute Gasteiger partial charge is 0.145 e. The van der Waals surface area contributed by atoms with Crippen LogP contribution in [0.2, 0.25) is 0 Å². The molecule has 0 aliphatic carbocycles. The van der Waals surface area contributed by atoms with Gasteiger partial charge in [0, 0.05) is 38.2 Å². The van der Waals surface area contributed by atoms with E-state index in [2.05, 4.69) is 215 Å². The van der Waals surface area contributed by atoms with E-state index in [1.54, 1.807) is 0 Å². The Morgan fingerprint density at radius 1 is 0.316 bits per heavy atom. The molecule has 0 saturated carbocycles. The Morgan fingerprint density at radius 2 is 0.807 bits per heavy atom. The second kappa shape index (κ2) is 12.5. The fourth-order valence-corrected chi connectivity index (χ4v) is 9.12. The highest BCUT2D eigenvalue weighted by atomic mass is 16.3. The molecule has 3 nitrogen and oxygen atoms in total. The average Bonchev–Trinajstić information content (AvgIpc) is 3.95. The molecule has 9 aromatic carbocycles. The van der Waals surface area contributed by atoms with Gasteiger partial charge in [-0.15, -0.1) is 0 Å². The molecule has 0 spiro atoms. The van der Waals surface area contributed by atoms with Crippen LogP contribution in [0.3, 0.4) is 0 Å². The Kier molecular flexibility index (Phi) is 6.93. The summed E-state index contributed by atoms with van der Waals surface area (Å²) in [6.45, 7) is 0. The maximum absolute atomic E-state index is 6.77. The zero-order valence-corrected chi connectivity index (χ0v) is 30.9. The van der Waals surface area contributed by atoms with Gasteiger partial charge in [-0.2, -0.15) is 0 Å². The number of benzene rings is 9. The summed E-state index contributed by atoms with van der Waals surface area (Å²) in [6, 6.07) is 74.3. The van der Waals surface area contributed by atoms with E-state index in [9.17, 15) is 0 Å². The van der Waals surface area contributed by atoms with E-state index < -0.39 is 0 Å². The molecule has 3 aromatic heterocycles. The van der Waals surface area contributed by atoms with Gasteiger partial charge in [0.05, 0.1) is 33.1 Å². The molecule has 12 aromatic rings. The lowest BCUT2D eigenvalue weighted by Crippen LogP contribution is -1.95. The van der Waals surface area contributed by atoms with Crippen LogP contribution in [0.5, 0.6) is 0 Å². The fraction of sp³-hybridized carbons (Fsp3) is 0. The van der Waals surface area contributed by atoms with Crippen molar-refractivity contribution >= 4 is 65.6 Å². The largest absolute Gasteiger partial charge is 0.455 e.